The van der Waals surface area contributed by atoms with Crippen LogP contribution in [0.2, 0.25) is 0 Å². The number of fused-ring (bicyclic) bond motifs is 2. The zero-order chi connectivity index (χ0) is 54.9. The standard InChI is InChI=1S/C28H25F2N5O3.C24H20N4O4.C4H7F2N.CH4/c1-17-10-20(26-33-14-21(15-34-26)27(37)35-9-8-28(29,30)16-35)11-19-12-23(38-25(17)19)6-5-22(36)4-2-18-3-7-24(31)32-13-18;1-14-8-17(23-27-12-18(13-28-23)24(30)31)9-16-10-20(32-22(14)16)6-5-19(29)4-2-15-3-7-21(25)26-11-15;5-4(6)1-2-7-3-4;/h2-4,7,10-15H,5-6,8-9,16H2,1H3,(H2,31,32);2-4,7-13H,5-6H2,1H3,(H2,25,26)(H,30,31);7H,1-3H2;1H4/b2*4-2+;;. The first-order chi connectivity index (χ1) is 36.8. The molecule has 2 saturated heterocycles. The van der Waals surface area contributed by atoms with Gasteiger partial charge in [0, 0.05) is 111 Å². The summed E-state index contributed by atoms with van der Waals surface area (Å²) in [5.74, 6) is -3.84. The predicted octanol–water partition coefficient (Wildman–Crippen LogP) is 10.2. The van der Waals surface area contributed by atoms with Crippen molar-refractivity contribution in [3.8, 4) is 22.8 Å². The molecule has 8 heterocycles. The molecule has 0 atom stereocenters. The van der Waals surface area contributed by atoms with Crippen LogP contribution in [-0.4, -0.2) is 101 Å². The largest absolute Gasteiger partial charge is 0.478 e. The van der Waals surface area contributed by atoms with E-state index in [1.54, 1.807) is 48.8 Å². The smallest absolute Gasteiger partial charge is 0.338 e. The number of carboxylic acids is 1. The Labute approximate surface area is 445 Å². The summed E-state index contributed by atoms with van der Waals surface area (Å²) in [6.45, 7) is 3.57. The van der Waals surface area contributed by atoms with E-state index in [0.717, 1.165) is 54.6 Å². The average molecular weight is 1070 g/mol. The van der Waals surface area contributed by atoms with Crippen molar-refractivity contribution < 1.29 is 50.7 Å². The van der Waals surface area contributed by atoms with Crippen LogP contribution in [0, 0.1) is 13.8 Å². The second-order valence-corrected chi connectivity index (χ2v) is 18.5. The topological polar surface area (TPSA) is 259 Å². The van der Waals surface area contributed by atoms with Crippen molar-refractivity contribution >= 4 is 69.2 Å². The van der Waals surface area contributed by atoms with Crippen LogP contribution in [0.5, 0.6) is 0 Å². The normalized spacial score (nSPS) is 14.5. The summed E-state index contributed by atoms with van der Waals surface area (Å²) in [5.41, 5.74) is 17.6. The lowest BCUT2D eigenvalue weighted by Crippen LogP contribution is -2.31. The van der Waals surface area contributed by atoms with Gasteiger partial charge in [-0.05, 0) is 121 Å². The molecule has 78 heavy (non-hydrogen) atoms. The lowest BCUT2D eigenvalue weighted by Gasteiger charge is -2.15. The number of carbonyl (C=O) groups is 4. The van der Waals surface area contributed by atoms with Crippen LogP contribution in [0.4, 0.5) is 29.2 Å². The molecule has 2 aromatic carbocycles. The summed E-state index contributed by atoms with van der Waals surface area (Å²) in [6.07, 6.45) is 16.1. The van der Waals surface area contributed by atoms with Crippen molar-refractivity contribution in [2.75, 3.05) is 37.6 Å². The number of aromatic nitrogens is 6. The first kappa shape index (κ1) is 56.7. The van der Waals surface area contributed by atoms with Gasteiger partial charge >= 0.3 is 5.97 Å². The number of nitrogens with zero attached hydrogens (tertiary/aromatic N) is 7. The zero-order valence-corrected chi connectivity index (χ0v) is 41.8. The predicted molar refractivity (Wildman–Crippen MR) is 288 cm³/mol. The number of amides is 1. The number of nitrogen functional groups attached to an aromatic ring is 2. The number of rotatable bonds is 14. The Morgan fingerprint density at radius 3 is 1.50 bits per heavy atom. The van der Waals surface area contributed by atoms with Crippen LogP contribution in [0.1, 0.15) is 87.6 Å². The molecule has 17 nitrogen and oxygen atoms in total. The molecule has 10 rings (SSSR count). The van der Waals surface area contributed by atoms with Crippen LogP contribution in [0.15, 0.2) is 119 Å². The Morgan fingerprint density at radius 1 is 0.654 bits per heavy atom. The molecule has 8 aromatic rings. The number of halogens is 4. The number of carbonyl (C=O) groups excluding carboxylic acids is 3. The lowest BCUT2D eigenvalue weighted by molar-refractivity contribution is -0.115. The number of aryl methyl sites for hydroxylation is 4. The number of likely N-dealkylation sites (tertiary alicyclic amines) is 1. The van der Waals surface area contributed by atoms with E-state index in [1.165, 1.54) is 36.9 Å². The summed E-state index contributed by atoms with van der Waals surface area (Å²) in [5, 5.41) is 13.3. The van der Waals surface area contributed by atoms with E-state index in [-0.39, 0.29) is 62.5 Å². The Bertz CT molecular complexity index is 3480. The molecule has 1 amide bonds. The van der Waals surface area contributed by atoms with Gasteiger partial charge in [0.25, 0.3) is 17.8 Å². The van der Waals surface area contributed by atoms with Crippen LogP contribution in [0.25, 0.3) is 56.9 Å². The maximum atomic E-state index is 13.5. The highest BCUT2D eigenvalue weighted by atomic mass is 19.3. The highest BCUT2D eigenvalue weighted by molar-refractivity contribution is 5.95. The van der Waals surface area contributed by atoms with Gasteiger partial charge in [0.05, 0.1) is 24.2 Å². The number of furan rings is 2. The molecule has 0 bridgehead atoms. The Morgan fingerprint density at radius 2 is 1.13 bits per heavy atom. The molecular weight excluding hydrogens is 1010 g/mol. The van der Waals surface area contributed by atoms with Gasteiger partial charge in [-0.25, -0.2) is 52.3 Å². The van der Waals surface area contributed by atoms with Gasteiger partial charge in [-0.15, -0.1) is 0 Å². The third-order valence-electron chi connectivity index (χ3n) is 12.3. The van der Waals surface area contributed by atoms with E-state index in [9.17, 15) is 36.7 Å². The van der Waals surface area contributed by atoms with E-state index >= 15 is 0 Å². The first-order valence-corrected chi connectivity index (χ1v) is 24.3. The molecule has 404 valence electrons. The second kappa shape index (κ2) is 24.8. The Kier molecular flexibility index (Phi) is 18.0. The summed E-state index contributed by atoms with van der Waals surface area (Å²) in [4.78, 5) is 74.0. The molecule has 6 N–H and O–H groups in total. The fourth-order valence-electron chi connectivity index (χ4n) is 8.23. The SMILES string of the molecule is C.Cc1cc(-c2ncc(C(=O)N3CCC(F)(F)C3)cn2)cc2cc(CCC(=O)/C=C/c3ccc(N)nc3)oc12.Cc1cc(-c2ncc(C(=O)O)cn2)cc2cc(CCC(=O)/C=C/c3ccc(N)nc3)oc12.FC1(F)CCNC1. The van der Waals surface area contributed by atoms with E-state index in [1.807, 2.05) is 50.2 Å². The second-order valence-electron chi connectivity index (χ2n) is 18.5. The monoisotopic (exact) mass is 1070 g/mol. The van der Waals surface area contributed by atoms with Crippen LogP contribution in [-0.2, 0) is 22.4 Å². The minimum absolute atomic E-state index is 0. The molecular formula is C57H56F4N10O7. The molecule has 0 aliphatic carbocycles. The number of nitrogens with two attached hydrogens (primary N) is 2. The highest BCUT2D eigenvalue weighted by Gasteiger charge is 2.40. The van der Waals surface area contributed by atoms with Crippen molar-refractivity contribution in [2.45, 2.75) is 71.6 Å². The fraction of sp³-hybridized carbons (Fsp3) is 0.263. The maximum Gasteiger partial charge on any atom is 0.338 e. The van der Waals surface area contributed by atoms with Crippen LogP contribution >= 0.6 is 0 Å². The number of hydrogen-bond donors (Lipinski definition) is 4. The Hall–Kier alpha value is -8.98. The van der Waals surface area contributed by atoms with E-state index in [2.05, 4.69) is 35.2 Å². The number of carboxylic acid groups (broad SMARTS) is 1. The van der Waals surface area contributed by atoms with E-state index in [4.69, 9.17) is 25.4 Å². The Balaban J connectivity index is 0.000000200. The van der Waals surface area contributed by atoms with Gasteiger partial charge in [-0.1, -0.05) is 7.43 Å². The van der Waals surface area contributed by atoms with Crippen molar-refractivity contribution in [2.24, 2.45) is 0 Å². The van der Waals surface area contributed by atoms with Crippen molar-refractivity contribution in [1.29, 1.82) is 0 Å². The fourth-order valence-corrected chi connectivity index (χ4v) is 8.23. The molecule has 2 aliphatic rings. The van der Waals surface area contributed by atoms with Gasteiger partial charge in [-0.2, -0.15) is 0 Å². The van der Waals surface area contributed by atoms with E-state index in [0.29, 0.717) is 66.2 Å². The summed E-state index contributed by atoms with van der Waals surface area (Å²) in [7, 11) is 0. The zero-order valence-electron chi connectivity index (χ0n) is 41.8. The highest BCUT2D eigenvalue weighted by Crippen LogP contribution is 2.32. The molecule has 0 spiro atoms. The minimum Gasteiger partial charge on any atom is -0.478 e. The van der Waals surface area contributed by atoms with Crippen molar-refractivity contribution in [3.05, 3.63) is 155 Å². The molecule has 21 heteroatoms. The summed E-state index contributed by atoms with van der Waals surface area (Å²) < 4.78 is 62.6. The number of nitrogens with one attached hydrogen (secondary N) is 1. The molecule has 2 aliphatic heterocycles. The van der Waals surface area contributed by atoms with Crippen molar-refractivity contribution in [1.82, 2.24) is 40.1 Å². The van der Waals surface area contributed by atoms with Gasteiger partial charge in [0.1, 0.15) is 34.3 Å². The first-order valence-electron chi connectivity index (χ1n) is 24.3. The van der Waals surface area contributed by atoms with Gasteiger partial charge in [-0.3, -0.25) is 14.4 Å². The van der Waals surface area contributed by atoms with Crippen LogP contribution in [0.3, 0.4) is 0 Å². The summed E-state index contributed by atoms with van der Waals surface area (Å²) in [6, 6.07) is 18.3. The molecule has 0 unspecified atom stereocenters. The van der Waals surface area contributed by atoms with Gasteiger partial charge in [0.2, 0.25) is 0 Å². The number of anilines is 2. The number of benzene rings is 2. The van der Waals surface area contributed by atoms with E-state index < -0.39 is 30.3 Å². The molecule has 0 saturated carbocycles. The number of hydrogen-bond acceptors (Lipinski definition) is 15. The number of aromatic carboxylic acids is 1. The molecule has 2 fully saturated rings. The minimum atomic E-state index is -2.85. The van der Waals surface area contributed by atoms with Gasteiger partial charge < -0.3 is 35.6 Å². The molecule has 6 aromatic heterocycles. The maximum absolute atomic E-state index is 13.5. The van der Waals surface area contributed by atoms with Gasteiger partial charge in [0.15, 0.2) is 23.2 Å². The quantitative estimate of drug-likeness (QED) is 0.0583. The number of allylic oxidation sites excluding steroid dienone is 2. The lowest BCUT2D eigenvalue weighted by atomic mass is 10.1. The van der Waals surface area contributed by atoms with Crippen molar-refractivity contribution in [3.63, 3.8) is 0 Å². The number of alkyl halides is 4. The average Bonchev–Trinajstić information content (AvgIpc) is 4.25. The summed E-state index contributed by atoms with van der Waals surface area (Å²) >= 11 is 0. The van der Waals surface area contributed by atoms with Crippen LogP contribution < -0.4 is 16.8 Å². The third kappa shape index (κ3) is 15.1. The third-order valence-corrected chi connectivity index (χ3v) is 12.3. The number of ketones is 2. The number of pyridine rings is 2. The molecule has 0 radical (unpaired) electrons.